The predicted octanol–water partition coefficient (Wildman–Crippen LogP) is 1.88. The normalized spacial score (nSPS) is 30.4. The molecule has 3 fully saturated rings. The molecule has 0 saturated carbocycles. The molecule has 0 aliphatic carbocycles. The van der Waals surface area contributed by atoms with Crippen LogP contribution in [0.1, 0.15) is 26.2 Å². The fourth-order valence-electron chi connectivity index (χ4n) is 4.52. The number of ether oxygens (including phenoxy) is 1. The fraction of sp³-hybridized carbons (Fsp3) is 0.650. The first-order valence-electron chi connectivity index (χ1n) is 9.67. The van der Waals surface area contributed by atoms with E-state index < -0.39 is 0 Å². The van der Waals surface area contributed by atoms with Crippen molar-refractivity contribution < 1.29 is 9.53 Å². The highest BCUT2D eigenvalue weighted by molar-refractivity contribution is 5.80. The molecule has 0 spiro atoms. The van der Waals surface area contributed by atoms with Crippen LogP contribution < -0.4 is 10.2 Å². The van der Waals surface area contributed by atoms with Crippen LogP contribution in [0, 0.1) is 5.92 Å². The predicted molar refractivity (Wildman–Crippen MR) is 98.7 cm³/mol. The number of para-hydroxylation sites is 1. The smallest absolute Gasteiger partial charge is 0.226 e. The zero-order valence-corrected chi connectivity index (χ0v) is 15.1. The molecule has 3 aliphatic heterocycles. The molecule has 1 N–H and O–H groups in total. The number of piperazine rings is 1. The Morgan fingerprint density at radius 3 is 2.60 bits per heavy atom. The van der Waals surface area contributed by atoms with Crippen LogP contribution in [-0.2, 0) is 9.53 Å². The number of carbonyl (C=O) groups is 1. The summed E-state index contributed by atoms with van der Waals surface area (Å²) in [7, 11) is 0. The summed E-state index contributed by atoms with van der Waals surface area (Å²) < 4.78 is 5.81. The molecule has 5 heteroatoms. The van der Waals surface area contributed by atoms with Crippen LogP contribution in [0.3, 0.4) is 0 Å². The molecule has 136 valence electrons. The second-order valence-corrected chi connectivity index (χ2v) is 7.75. The average molecular weight is 343 g/mol. The number of hydrogen-bond donors (Lipinski definition) is 1. The number of nitrogens with one attached hydrogen (secondary N) is 1. The summed E-state index contributed by atoms with van der Waals surface area (Å²) in [5.74, 6) is 0.277. The van der Waals surface area contributed by atoms with Gasteiger partial charge in [-0.15, -0.1) is 0 Å². The maximum absolute atomic E-state index is 12.5. The Hall–Kier alpha value is -1.59. The zero-order chi connectivity index (χ0) is 17.2. The first-order chi connectivity index (χ1) is 12.2. The van der Waals surface area contributed by atoms with Gasteiger partial charge in [0.05, 0.1) is 18.1 Å². The molecule has 3 aliphatic rings. The van der Waals surface area contributed by atoms with Crippen molar-refractivity contribution in [3.8, 4) is 0 Å². The van der Waals surface area contributed by atoms with Crippen LogP contribution in [0.4, 0.5) is 5.69 Å². The molecule has 3 saturated heterocycles. The zero-order valence-electron chi connectivity index (χ0n) is 15.1. The summed E-state index contributed by atoms with van der Waals surface area (Å²) in [6, 6.07) is 10.8. The highest BCUT2D eigenvalue weighted by Gasteiger charge is 2.44. The molecule has 0 radical (unpaired) electrons. The quantitative estimate of drug-likeness (QED) is 0.887. The lowest BCUT2D eigenvalue weighted by molar-refractivity contribution is -0.127. The van der Waals surface area contributed by atoms with Gasteiger partial charge in [-0.05, 0) is 38.3 Å². The van der Waals surface area contributed by atoms with E-state index in [1.165, 1.54) is 5.69 Å². The van der Waals surface area contributed by atoms with Crippen LogP contribution >= 0.6 is 0 Å². The summed E-state index contributed by atoms with van der Waals surface area (Å²) in [5.41, 5.74) is 1.31. The van der Waals surface area contributed by atoms with E-state index in [2.05, 4.69) is 52.4 Å². The van der Waals surface area contributed by atoms with Gasteiger partial charge in [-0.2, -0.15) is 0 Å². The number of benzene rings is 1. The van der Waals surface area contributed by atoms with Gasteiger partial charge >= 0.3 is 0 Å². The van der Waals surface area contributed by atoms with Crippen LogP contribution in [-0.4, -0.2) is 61.8 Å². The lowest BCUT2D eigenvalue weighted by Crippen LogP contribution is -2.51. The van der Waals surface area contributed by atoms with Gasteiger partial charge < -0.3 is 15.0 Å². The van der Waals surface area contributed by atoms with E-state index >= 15 is 0 Å². The monoisotopic (exact) mass is 343 g/mol. The summed E-state index contributed by atoms with van der Waals surface area (Å²) in [5, 5.41) is 3.22. The molecule has 25 heavy (non-hydrogen) atoms. The van der Waals surface area contributed by atoms with Gasteiger partial charge in [0, 0.05) is 44.5 Å². The Labute approximate surface area is 150 Å². The van der Waals surface area contributed by atoms with Crippen molar-refractivity contribution in [2.75, 3.05) is 37.6 Å². The molecule has 1 aromatic rings. The van der Waals surface area contributed by atoms with Crippen molar-refractivity contribution in [2.24, 2.45) is 5.92 Å². The van der Waals surface area contributed by atoms with E-state index in [1.807, 2.05) is 0 Å². The van der Waals surface area contributed by atoms with Gasteiger partial charge in [0.2, 0.25) is 5.91 Å². The Morgan fingerprint density at radius 1 is 1.20 bits per heavy atom. The molecular formula is C20H29N3O2. The number of anilines is 1. The molecule has 4 unspecified atom stereocenters. The standard InChI is InChI=1S/C20H29N3O2/c1-15(21-20(24)18-13-17-7-8-19(18)25-17)14-22-9-11-23(12-10-22)16-5-3-2-4-6-16/h2-6,15,17-19H,7-14H2,1H3,(H,21,24). The second-order valence-electron chi connectivity index (χ2n) is 7.75. The number of carbonyl (C=O) groups excluding carboxylic acids is 1. The molecule has 3 heterocycles. The number of amides is 1. The number of fused-ring (bicyclic) bond motifs is 2. The van der Waals surface area contributed by atoms with Gasteiger partial charge in [-0.25, -0.2) is 0 Å². The van der Waals surface area contributed by atoms with E-state index in [0.717, 1.165) is 52.0 Å². The fourth-order valence-corrected chi connectivity index (χ4v) is 4.52. The number of nitrogens with zero attached hydrogens (tertiary/aromatic N) is 2. The molecule has 0 aromatic heterocycles. The summed E-state index contributed by atoms with van der Waals surface area (Å²) in [4.78, 5) is 17.4. The molecule has 4 rings (SSSR count). The van der Waals surface area contributed by atoms with E-state index in [1.54, 1.807) is 0 Å². The maximum atomic E-state index is 12.5. The van der Waals surface area contributed by atoms with Gasteiger partial charge in [0.25, 0.3) is 0 Å². The van der Waals surface area contributed by atoms with Gasteiger partial charge in [-0.3, -0.25) is 9.69 Å². The summed E-state index contributed by atoms with van der Waals surface area (Å²) in [6.45, 7) is 7.24. The molecule has 1 aromatic carbocycles. The molecule has 2 bridgehead atoms. The Balaban J connectivity index is 1.21. The minimum absolute atomic E-state index is 0.0797. The largest absolute Gasteiger partial charge is 0.374 e. The van der Waals surface area contributed by atoms with E-state index in [9.17, 15) is 4.79 Å². The Morgan fingerprint density at radius 2 is 1.96 bits per heavy atom. The average Bonchev–Trinajstić information content (AvgIpc) is 3.26. The van der Waals surface area contributed by atoms with Crippen molar-refractivity contribution in [2.45, 2.75) is 44.4 Å². The first-order valence-corrected chi connectivity index (χ1v) is 9.67. The third-order valence-electron chi connectivity index (χ3n) is 5.86. The van der Waals surface area contributed by atoms with Crippen LogP contribution in [0.2, 0.25) is 0 Å². The summed E-state index contributed by atoms with van der Waals surface area (Å²) in [6.07, 6.45) is 3.61. The minimum atomic E-state index is 0.0797. The third-order valence-corrected chi connectivity index (χ3v) is 5.86. The van der Waals surface area contributed by atoms with Crippen molar-refractivity contribution in [3.63, 3.8) is 0 Å². The van der Waals surface area contributed by atoms with Crippen molar-refractivity contribution in [3.05, 3.63) is 30.3 Å². The van der Waals surface area contributed by atoms with E-state index in [0.29, 0.717) is 6.10 Å². The van der Waals surface area contributed by atoms with Crippen LogP contribution in [0.5, 0.6) is 0 Å². The highest BCUT2D eigenvalue weighted by atomic mass is 16.5. The molecular weight excluding hydrogens is 314 g/mol. The van der Waals surface area contributed by atoms with Crippen molar-refractivity contribution in [1.29, 1.82) is 0 Å². The Bertz CT molecular complexity index is 586. The topological polar surface area (TPSA) is 44.8 Å². The van der Waals surface area contributed by atoms with Gasteiger partial charge in [0.1, 0.15) is 0 Å². The van der Waals surface area contributed by atoms with Crippen molar-refractivity contribution >= 4 is 11.6 Å². The lowest BCUT2D eigenvalue weighted by atomic mass is 9.88. The maximum Gasteiger partial charge on any atom is 0.226 e. The van der Waals surface area contributed by atoms with Gasteiger partial charge in [0.15, 0.2) is 0 Å². The van der Waals surface area contributed by atoms with Crippen LogP contribution in [0.15, 0.2) is 30.3 Å². The van der Waals surface area contributed by atoms with E-state index in [-0.39, 0.29) is 24.0 Å². The van der Waals surface area contributed by atoms with Gasteiger partial charge in [-0.1, -0.05) is 18.2 Å². The molecule has 4 atom stereocenters. The van der Waals surface area contributed by atoms with E-state index in [4.69, 9.17) is 4.74 Å². The SMILES string of the molecule is CC(CN1CCN(c2ccccc2)CC1)NC(=O)C1CC2CCC1O2. The number of rotatable bonds is 5. The highest BCUT2D eigenvalue weighted by Crippen LogP contribution is 2.38. The summed E-state index contributed by atoms with van der Waals surface area (Å²) >= 11 is 0. The van der Waals surface area contributed by atoms with Crippen molar-refractivity contribution in [1.82, 2.24) is 10.2 Å². The number of hydrogen-bond acceptors (Lipinski definition) is 4. The first kappa shape index (κ1) is 16.9. The minimum Gasteiger partial charge on any atom is -0.374 e. The Kier molecular flexibility index (Phi) is 4.95. The molecule has 5 nitrogen and oxygen atoms in total. The third kappa shape index (κ3) is 3.82. The van der Waals surface area contributed by atoms with Crippen LogP contribution in [0.25, 0.3) is 0 Å². The molecule has 1 amide bonds. The lowest BCUT2D eigenvalue weighted by Gasteiger charge is -2.37. The second kappa shape index (κ2) is 7.34.